The maximum Gasteiger partial charge on any atom is 0.222 e. The highest BCUT2D eigenvalue weighted by Crippen LogP contribution is 2.10. The summed E-state index contributed by atoms with van der Waals surface area (Å²) < 4.78 is 13.0. The fourth-order valence-corrected chi connectivity index (χ4v) is 0.806. The topological polar surface area (TPSA) is 63.8 Å². The lowest BCUT2D eigenvalue weighted by atomic mass is 10.2. The summed E-state index contributed by atoms with van der Waals surface area (Å²) in [6, 6.07) is 0. The number of nitrogen functional groups attached to an aromatic ring is 1. The van der Waals surface area contributed by atoms with Crippen LogP contribution < -0.4 is 11.1 Å². The van der Waals surface area contributed by atoms with Crippen molar-refractivity contribution in [1.82, 2.24) is 9.97 Å². The third kappa shape index (κ3) is 2.85. The Morgan fingerprint density at radius 1 is 1.62 bits per heavy atom. The van der Waals surface area contributed by atoms with E-state index in [1.165, 1.54) is 0 Å². The summed E-state index contributed by atoms with van der Waals surface area (Å²) in [6.45, 7) is 4.71. The van der Waals surface area contributed by atoms with Crippen LogP contribution in [-0.2, 0) is 0 Å². The second-order valence-electron chi connectivity index (χ2n) is 3.20. The summed E-state index contributed by atoms with van der Waals surface area (Å²) in [6.07, 6.45) is 1.06. The minimum Gasteiger partial charge on any atom is -0.368 e. The van der Waals surface area contributed by atoms with Gasteiger partial charge in [-0.05, 0) is 5.92 Å². The smallest absolute Gasteiger partial charge is 0.222 e. The third-order valence-corrected chi connectivity index (χ3v) is 1.44. The molecule has 4 nitrogen and oxygen atoms in total. The molecule has 0 aliphatic heterocycles. The number of halogens is 1. The van der Waals surface area contributed by atoms with Crippen molar-refractivity contribution in [3.8, 4) is 0 Å². The molecule has 13 heavy (non-hydrogen) atoms. The molecule has 72 valence electrons. The van der Waals surface area contributed by atoms with E-state index in [1.54, 1.807) is 0 Å². The average Bonchev–Trinajstić information content (AvgIpc) is 2.06. The van der Waals surface area contributed by atoms with Crippen molar-refractivity contribution in [2.24, 2.45) is 5.92 Å². The molecule has 1 aromatic rings. The Hall–Kier alpha value is -1.39. The van der Waals surface area contributed by atoms with E-state index in [0.29, 0.717) is 12.5 Å². The van der Waals surface area contributed by atoms with Crippen molar-refractivity contribution in [2.75, 3.05) is 17.6 Å². The predicted octanol–water partition coefficient (Wildman–Crippen LogP) is 1.27. The van der Waals surface area contributed by atoms with Gasteiger partial charge in [0.2, 0.25) is 5.95 Å². The lowest BCUT2D eigenvalue weighted by molar-refractivity contribution is 0.611. The Labute approximate surface area is 76.4 Å². The van der Waals surface area contributed by atoms with Gasteiger partial charge in [-0.25, -0.2) is 9.37 Å². The van der Waals surface area contributed by atoms with Crippen LogP contribution in [0.1, 0.15) is 13.8 Å². The van der Waals surface area contributed by atoms with Crippen molar-refractivity contribution in [3.05, 3.63) is 12.0 Å². The van der Waals surface area contributed by atoms with Gasteiger partial charge in [0.25, 0.3) is 0 Å². The molecule has 0 saturated heterocycles. The quantitative estimate of drug-likeness (QED) is 0.742. The van der Waals surface area contributed by atoms with Gasteiger partial charge in [0.15, 0.2) is 11.6 Å². The van der Waals surface area contributed by atoms with E-state index in [9.17, 15) is 4.39 Å². The predicted molar refractivity (Wildman–Crippen MR) is 49.7 cm³/mol. The van der Waals surface area contributed by atoms with Crippen LogP contribution >= 0.6 is 0 Å². The summed E-state index contributed by atoms with van der Waals surface area (Å²) >= 11 is 0. The first kappa shape index (κ1) is 9.70. The van der Waals surface area contributed by atoms with Gasteiger partial charge in [-0.1, -0.05) is 13.8 Å². The number of nitrogens with two attached hydrogens (primary N) is 1. The summed E-state index contributed by atoms with van der Waals surface area (Å²) in [5.41, 5.74) is 5.30. The minimum absolute atomic E-state index is 0.0765. The summed E-state index contributed by atoms with van der Waals surface area (Å²) in [5.74, 6) is 0.194. The Bertz CT molecular complexity index is 287. The number of anilines is 2. The van der Waals surface area contributed by atoms with Crippen LogP contribution in [0.25, 0.3) is 0 Å². The number of aromatic nitrogens is 2. The lowest BCUT2D eigenvalue weighted by Gasteiger charge is -2.08. The van der Waals surface area contributed by atoms with Gasteiger partial charge in [-0.3, -0.25) is 0 Å². The van der Waals surface area contributed by atoms with Gasteiger partial charge in [0, 0.05) is 6.54 Å². The zero-order valence-electron chi connectivity index (χ0n) is 7.71. The molecular formula is C8H13FN4. The van der Waals surface area contributed by atoms with Crippen LogP contribution in [0, 0.1) is 11.7 Å². The molecule has 0 bridgehead atoms. The van der Waals surface area contributed by atoms with Crippen molar-refractivity contribution in [1.29, 1.82) is 0 Å². The van der Waals surface area contributed by atoms with E-state index in [-0.39, 0.29) is 11.8 Å². The highest BCUT2D eigenvalue weighted by molar-refractivity contribution is 5.38. The molecule has 0 unspecified atom stereocenters. The van der Waals surface area contributed by atoms with Gasteiger partial charge in [0.05, 0.1) is 6.20 Å². The normalized spacial score (nSPS) is 10.5. The molecule has 0 saturated carbocycles. The molecule has 0 atom stereocenters. The van der Waals surface area contributed by atoms with Crippen molar-refractivity contribution < 1.29 is 4.39 Å². The van der Waals surface area contributed by atoms with Gasteiger partial charge < -0.3 is 11.1 Å². The first-order chi connectivity index (χ1) is 6.09. The Balaban J connectivity index is 2.70. The largest absolute Gasteiger partial charge is 0.368 e. The standard InChI is InChI=1S/C8H13FN4/c1-5(2)3-11-7-6(9)4-12-8(10)13-7/h4-5H,3H2,1-2H3,(H3,10,11,12,13). The second kappa shape index (κ2) is 4.02. The van der Waals surface area contributed by atoms with Crippen LogP contribution in [0.4, 0.5) is 16.2 Å². The molecule has 1 rings (SSSR count). The Morgan fingerprint density at radius 3 is 2.92 bits per heavy atom. The van der Waals surface area contributed by atoms with Gasteiger partial charge in [0.1, 0.15) is 0 Å². The van der Waals surface area contributed by atoms with Crippen LogP contribution in [0.5, 0.6) is 0 Å². The molecule has 0 aliphatic rings. The van der Waals surface area contributed by atoms with Crippen molar-refractivity contribution in [2.45, 2.75) is 13.8 Å². The lowest BCUT2D eigenvalue weighted by Crippen LogP contribution is -2.11. The van der Waals surface area contributed by atoms with E-state index >= 15 is 0 Å². The minimum atomic E-state index is -0.477. The summed E-state index contributed by atoms with van der Waals surface area (Å²) in [5, 5.41) is 2.85. The molecule has 1 heterocycles. The molecular weight excluding hydrogens is 171 g/mol. The zero-order valence-corrected chi connectivity index (χ0v) is 7.71. The first-order valence-electron chi connectivity index (χ1n) is 4.11. The average molecular weight is 184 g/mol. The molecule has 0 fully saturated rings. The SMILES string of the molecule is CC(C)CNc1nc(N)ncc1F. The van der Waals surface area contributed by atoms with E-state index in [0.717, 1.165) is 6.20 Å². The van der Waals surface area contributed by atoms with Gasteiger partial charge in [-0.2, -0.15) is 4.98 Å². The molecule has 0 aliphatic carbocycles. The van der Waals surface area contributed by atoms with E-state index in [2.05, 4.69) is 15.3 Å². The Kier molecular flexibility index (Phi) is 3.00. The summed E-state index contributed by atoms with van der Waals surface area (Å²) in [4.78, 5) is 7.24. The highest BCUT2D eigenvalue weighted by Gasteiger charge is 2.04. The summed E-state index contributed by atoms with van der Waals surface area (Å²) in [7, 11) is 0. The first-order valence-corrected chi connectivity index (χ1v) is 4.11. The van der Waals surface area contributed by atoms with Crippen LogP contribution in [0.2, 0.25) is 0 Å². The van der Waals surface area contributed by atoms with Gasteiger partial charge in [-0.15, -0.1) is 0 Å². The van der Waals surface area contributed by atoms with E-state index in [4.69, 9.17) is 5.73 Å². The van der Waals surface area contributed by atoms with Crippen LogP contribution in [-0.4, -0.2) is 16.5 Å². The van der Waals surface area contributed by atoms with Crippen LogP contribution in [0.3, 0.4) is 0 Å². The van der Waals surface area contributed by atoms with E-state index in [1.807, 2.05) is 13.8 Å². The maximum atomic E-state index is 13.0. The molecule has 1 aromatic heterocycles. The zero-order chi connectivity index (χ0) is 9.84. The number of hydrogen-bond acceptors (Lipinski definition) is 4. The molecule has 5 heteroatoms. The maximum absolute atomic E-state index is 13.0. The fourth-order valence-electron chi connectivity index (χ4n) is 0.806. The molecule has 0 spiro atoms. The third-order valence-electron chi connectivity index (χ3n) is 1.44. The second-order valence-corrected chi connectivity index (χ2v) is 3.20. The molecule has 0 radical (unpaired) electrons. The molecule has 0 aromatic carbocycles. The highest BCUT2D eigenvalue weighted by atomic mass is 19.1. The molecule has 3 N–H and O–H groups in total. The fraction of sp³-hybridized carbons (Fsp3) is 0.500. The number of nitrogens with one attached hydrogen (secondary N) is 1. The monoisotopic (exact) mass is 184 g/mol. The Morgan fingerprint density at radius 2 is 2.31 bits per heavy atom. The van der Waals surface area contributed by atoms with Crippen molar-refractivity contribution in [3.63, 3.8) is 0 Å². The van der Waals surface area contributed by atoms with Crippen molar-refractivity contribution >= 4 is 11.8 Å². The number of rotatable bonds is 3. The van der Waals surface area contributed by atoms with E-state index < -0.39 is 5.82 Å². The van der Waals surface area contributed by atoms with Gasteiger partial charge >= 0.3 is 0 Å². The number of hydrogen-bond donors (Lipinski definition) is 2. The number of nitrogens with zero attached hydrogens (tertiary/aromatic N) is 2. The molecule has 0 amide bonds. The van der Waals surface area contributed by atoms with Crippen LogP contribution in [0.15, 0.2) is 6.20 Å².